The van der Waals surface area contributed by atoms with E-state index in [1.807, 2.05) is 45.2 Å². The number of ether oxygens (including phenoxy) is 3. The number of fused-ring (bicyclic) bond motifs is 1. The van der Waals surface area contributed by atoms with Crippen molar-refractivity contribution >= 4 is 51.8 Å². The average Bonchev–Trinajstić information content (AvgIpc) is 3.35. The van der Waals surface area contributed by atoms with E-state index in [1.54, 1.807) is 9.80 Å². The Labute approximate surface area is 252 Å². The highest BCUT2D eigenvalue weighted by Crippen LogP contribution is 2.47. The van der Waals surface area contributed by atoms with E-state index in [4.69, 9.17) is 19.2 Å². The van der Waals surface area contributed by atoms with Crippen LogP contribution in [-0.2, 0) is 21.6 Å². The van der Waals surface area contributed by atoms with Crippen molar-refractivity contribution in [3.8, 4) is 17.0 Å². The molecule has 1 saturated heterocycles. The summed E-state index contributed by atoms with van der Waals surface area (Å²) < 4.78 is 33.2. The summed E-state index contributed by atoms with van der Waals surface area (Å²) in [5.41, 5.74) is 0.985. The third-order valence-corrected chi connectivity index (χ3v) is 9.96. The monoisotopic (exact) mass is 685 g/mol. The van der Waals surface area contributed by atoms with Gasteiger partial charge in [0, 0.05) is 41.9 Å². The minimum Gasteiger partial charge on any atom is -0.489 e. The smallest absolute Gasteiger partial charge is 0.414 e. The molecule has 5 rings (SSSR count). The molecule has 2 aliphatic heterocycles. The van der Waals surface area contributed by atoms with Crippen LogP contribution in [0.3, 0.4) is 0 Å². The number of carbonyl (C=O) groups is 2. The second kappa shape index (κ2) is 11.3. The van der Waals surface area contributed by atoms with E-state index in [9.17, 15) is 9.59 Å². The second-order valence-corrected chi connectivity index (χ2v) is 14.2. The fourth-order valence-corrected chi connectivity index (χ4v) is 7.57. The number of aromatic nitrogens is 1. The van der Waals surface area contributed by atoms with Crippen LogP contribution in [-0.4, -0.2) is 57.5 Å². The fourth-order valence-electron chi connectivity index (χ4n) is 5.41. The van der Waals surface area contributed by atoms with Gasteiger partial charge in [0.15, 0.2) is 5.67 Å². The molecule has 0 radical (unpaired) electrons. The molecule has 40 heavy (non-hydrogen) atoms. The Morgan fingerprint density at radius 1 is 1.20 bits per heavy atom. The Morgan fingerprint density at radius 2 is 1.95 bits per heavy atom. The quantitative estimate of drug-likeness (QED) is 0.187. The second-order valence-electron chi connectivity index (χ2n) is 11.9. The number of hydrogen-bond acceptors (Lipinski definition) is 7. The van der Waals surface area contributed by atoms with Gasteiger partial charge in [-0.25, -0.2) is 19.0 Å². The summed E-state index contributed by atoms with van der Waals surface area (Å²) in [6.07, 6.45) is 4.26. The number of amides is 2. The van der Waals surface area contributed by atoms with E-state index in [-0.39, 0.29) is 35.6 Å². The van der Waals surface area contributed by atoms with Gasteiger partial charge >= 0.3 is 12.2 Å². The first kappa shape index (κ1) is 29.3. The maximum atomic E-state index is 16.4. The summed E-state index contributed by atoms with van der Waals surface area (Å²) >= 11 is 3.42. The molecule has 8 nitrogen and oxygen atoms in total. The molecule has 1 aromatic carbocycles. The van der Waals surface area contributed by atoms with E-state index >= 15 is 4.39 Å². The standard InChI is InChI=1S/C29H37FIN3O5S/c1-17-9-10-20-22(34(17)27(36)37-5)12-11-19(24(20)38-18-7-6-8-18)21-16-40-25(32-21)29(30)13-14-33(23(31)15-29)26(35)39-28(2,3)4/h11-12,16-18,23H,6-10,13-15H2,1-5H3. The largest absolute Gasteiger partial charge is 0.489 e. The minimum atomic E-state index is -1.65. The predicted molar refractivity (Wildman–Crippen MR) is 161 cm³/mol. The Bertz CT molecular complexity index is 1280. The van der Waals surface area contributed by atoms with Gasteiger partial charge < -0.3 is 14.2 Å². The van der Waals surface area contributed by atoms with Gasteiger partial charge in [0.2, 0.25) is 0 Å². The van der Waals surface area contributed by atoms with Gasteiger partial charge in [-0.3, -0.25) is 9.80 Å². The van der Waals surface area contributed by atoms with E-state index < -0.39 is 23.5 Å². The molecule has 2 amide bonds. The first-order valence-electron chi connectivity index (χ1n) is 13.9. The van der Waals surface area contributed by atoms with Crippen molar-refractivity contribution in [1.82, 2.24) is 9.88 Å². The first-order valence-corrected chi connectivity index (χ1v) is 16.0. The number of anilines is 1. The summed E-state index contributed by atoms with van der Waals surface area (Å²) in [4.78, 5) is 33.4. The first-order chi connectivity index (χ1) is 18.9. The summed E-state index contributed by atoms with van der Waals surface area (Å²) in [5.74, 6) is 0.735. The van der Waals surface area contributed by atoms with Crippen LogP contribution in [0, 0.1) is 0 Å². The normalized spacial score (nSPS) is 25.2. The summed E-state index contributed by atoms with van der Waals surface area (Å²) in [5, 5.41) is 2.29. The molecule has 3 atom stereocenters. The van der Waals surface area contributed by atoms with E-state index in [1.165, 1.54) is 18.4 Å². The highest BCUT2D eigenvalue weighted by molar-refractivity contribution is 14.1. The van der Waals surface area contributed by atoms with E-state index in [0.717, 1.165) is 54.7 Å². The van der Waals surface area contributed by atoms with Crippen molar-refractivity contribution in [3.63, 3.8) is 0 Å². The Balaban J connectivity index is 1.44. The lowest BCUT2D eigenvalue weighted by molar-refractivity contribution is -0.000941. The van der Waals surface area contributed by atoms with Gasteiger partial charge in [-0.05, 0) is 71.9 Å². The van der Waals surface area contributed by atoms with Crippen molar-refractivity contribution < 1.29 is 28.2 Å². The van der Waals surface area contributed by atoms with Gasteiger partial charge in [-0.2, -0.15) is 0 Å². The van der Waals surface area contributed by atoms with Crippen molar-refractivity contribution in [2.75, 3.05) is 18.6 Å². The zero-order valence-corrected chi connectivity index (χ0v) is 26.6. The van der Waals surface area contributed by atoms with Gasteiger partial charge in [0.25, 0.3) is 0 Å². The number of halogens is 2. The number of hydrogen-bond donors (Lipinski definition) is 0. The van der Waals surface area contributed by atoms with Crippen LogP contribution in [0.4, 0.5) is 19.7 Å². The summed E-state index contributed by atoms with van der Waals surface area (Å²) in [6, 6.07) is 3.86. The molecule has 3 aliphatic rings. The molecule has 218 valence electrons. The molecular weight excluding hydrogens is 648 g/mol. The van der Waals surface area contributed by atoms with Crippen LogP contribution in [0.2, 0.25) is 0 Å². The lowest BCUT2D eigenvalue weighted by Gasteiger charge is -2.39. The zero-order valence-electron chi connectivity index (χ0n) is 23.7. The van der Waals surface area contributed by atoms with Crippen molar-refractivity contribution in [2.45, 2.75) is 100 Å². The molecule has 1 aliphatic carbocycles. The molecule has 11 heteroatoms. The molecule has 0 N–H and O–H groups in total. The highest BCUT2D eigenvalue weighted by atomic mass is 127. The zero-order chi connectivity index (χ0) is 28.8. The molecule has 1 aromatic heterocycles. The SMILES string of the molecule is COC(=O)N1c2ccc(-c3csc(C4(F)CCN(C(=O)OC(C)(C)C)C(I)C4)n3)c(OC3CCC3)c2CCC1C. The van der Waals surface area contributed by atoms with Gasteiger partial charge in [-0.1, -0.05) is 22.6 Å². The number of likely N-dealkylation sites (tertiary alicyclic amines) is 1. The maximum Gasteiger partial charge on any atom is 0.414 e. The number of rotatable bonds is 4. The van der Waals surface area contributed by atoms with Crippen LogP contribution < -0.4 is 9.64 Å². The molecule has 2 aromatic rings. The third-order valence-electron chi connectivity index (χ3n) is 7.83. The van der Waals surface area contributed by atoms with Crippen LogP contribution in [0.25, 0.3) is 11.3 Å². The number of benzene rings is 1. The molecule has 2 fully saturated rings. The molecule has 0 bridgehead atoms. The summed E-state index contributed by atoms with van der Waals surface area (Å²) in [6.45, 7) is 7.74. The van der Waals surface area contributed by atoms with Crippen LogP contribution in [0.1, 0.15) is 76.8 Å². The average molecular weight is 686 g/mol. The van der Waals surface area contributed by atoms with Crippen molar-refractivity contribution in [1.29, 1.82) is 0 Å². The molecule has 1 saturated carbocycles. The van der Waals surface area contributed by atoms with Crippen molar-refractivity contribution in [3.05, 3.63) is 28.1 Å². The van der Waals surface area contributed by atoms with Crippen LogP contribution in [0.5, 0.6) is 5.75 Å². The number of thiazole rings is 1. The Kier molecular flexibility index (Phi) is 8.26. The molecular formula is C29H37FIN3O5S. The number of nitrogens with zero attached hydrogens (tertiary/aromatic N) is 3. The molecule has 3 heterocycles. The predicted octanol–water partition coefficient (Wildman–Crippen LogP) is 7.61. The van der Waals surface area contributed by atoms with Gasteiger partial charge in [-0.15, -0.1) is 11.3 Å². The third kappa shape index (κ3) is 5.77. The topological polar surface area (TPSA) is 81.2 Å². The van der Waals surface area contributed by atoms with E-state index in [2.05, 4.69) is 22.6 Å². The lowest BCUT2D eigenvalue weighted by Crippen LogP contribution is -2.49. The molecule has 0 spiro atoms. The van der Waals surface area contributed by atoms with Crippen molar-refractivity contribution in [2.24, 2.45) is 0 Å². The Hall–Kier alpha value is -2.15. The fraction of sp³-hybridized carbons (Fsp3) is 0.621. The Morgan fingerprint density at radius 3 is 2.58 bits per heavy atom. The lowest BCUT2D eigenvalue weighted by atomic mass is 9.92. The number of methoxy groups -OCH3 is 1. The minimum absolute atomic E-state index is 0.00685. The van der Waals surface area contributed by atoms with E-state index in [0.29, 0.717) is 10.7 Å². The highest BCUT2D eigenvalue weighted by Gasteiger charge is 2.45. The number of alkyl halides is 2. The molecule has 3 unspecified atom stereocenters. The van der Waals surface area contributed by atoms with Crippen LogP contribution in [0.15, 0.2) is 17.5 Å². The number of piperidine rings is 1. The maximum absolute atomic E-state index is 16.4. The van der Waals surface area contributed by atoms with Crippen LogP contribution >= 0.6 is 33.9 Å². The number of carbonyl (C=O) groups excluding carboxylic acids is 2. The van der Waals surface area contributed by atoms with Gasteiger partial charge in [0.05, 0.1) is 28.6 Å². The van der Waals surface area contributed by atoms with Gasteiger partial charge in [0.1, 0.15) is 16.4 Å². The summed E-state index contributed by atoms with van der Waals surface area (Å²) in [7, 11) is 1.39.